The number of hydrogen-bond donors (Lipinski definition) is 1. The van der Waals surface area contributed by atoms with Gasteiger partial charge in [-0.05, 0) is 23.8 Å². The summed E-state index contributed by atoms with van der Waals surface area (Å²) in [5.41, 5.74) is 0. The molecule has 0 amide bonds. The van der Waals surface area contributed by atoms with Crippen molar-refractivity contribution in [2.75, 3.05) is 13.1 Å². The van der Waals surface area contributed by atoms with Crippen molar-refractivity contribution in [3.8, 4) is 0 Å². The second-order valence-electron chi connectivity index (χ2n) is 1.72. The standard InChI is InChI=1S/C4H9NS2/c6-7-5-3-1-2-4-5/h6H,1-4H2. The van der Waals surface area contributed by atoms with E-state index in [2.05, 4.69) is 16.0 Å². The van der Waals surface area contributed by atoms with Gasteiger partial charge >= 0.3 is 0 Å². The lowest BCUT2D eigenvalue weighted by Gasteiger charge is -2.05. The van der Waals surface area contributed by atoms with Crippen LogP contribution in [0.3, 0.4) is 0 Å². The Morgan fingerprint density at radius 3 is 2.14 bits per heavy atom. The van der Waals surface area contributed by atoms with E-state index in [1.54, 1.807) is 11.0 Å². The van der Waals surface area contributed by atoms with E-state index in [0.717, 1.165) is 0 Å². The summed E-state index contributed by atoms with van der Waals surface area (Å²) in [5.74, 6) is 0. The van der Waals surface area contributed by atoms with E-state index in [4.69, 9.17) is 0 Å². The normalized spacial score (nSPS) is 23.6. The van der Waals surface area contributed by atoms with E-state index in [1.165, 1.54) is 25.9 Å². The molecule has 0 aliphatic carbocycles. The minimum absolute atomic E-state index is 1.23. The zero-order valence-corrected chi connectivity index (χ0v) is 5.84. The Bertz CT molecular complexity index is 51.7. The maximum atomic E-state index is 4.06. The summed E-state index contributed by atoms with van der Waals surface area (Å²) in [7, 11) is 1.56. The Morgan fingerprint density at radius 1 is 1.29 bits per heavy atom. The molecule has 0 atom stereocenters. The highest BCUT2D eigenvalue weighted by molar-refractivity contribution is 8.67. The number of thiol groups is 1. The van der Waals surface area contributed by atoms with Crippen LogP contribution in [0.2, 0.25) is 0 Å². The lowest BCUT2D eigenvalue weighted by Crippen LogP contribution is -2.05. The van der Waals surface area contributed by atoms with E-state index in [-0.39, 0.29) is 0 Å². The summed E-state index contributed by atoms with van der Waals surface area (Å²) in [6.45, 7) is 2.46. The first kappa shape index (κ1) is 5.79. The molecular formula is C4H9NS2. The van der Waals surface area contributed by atoms with Crippen LogP contribution in [0, 0.1) is 0 Å². The molecule has 0 saturated carbocycles. The molecule has 1 aliphatic heterocycles. The van der Waals surface area contributed by atoms with Gasteiger partial charge in [0.2, 0.25) is 0 Å². The maximum Gasteiger partial charge on any atom is 0.00976 e. The van der Waals surface area contributed by atoms with Gasteiger partial charge in [0.05, 0.1) is 0 Å². The molecule has 0 radical (unpaired) electrons. The van der Waals surface area contributed by atoms with Crippen molar-refractivity contribution < 1.29 is 0 Å². The molecule has 0 N–H and O–H groups in total. The van der Waals surface area contributed by atoms with Crippen molar-refractivity contribution in [2.24, 2.45) is 0 Å². The second-order valence-corrected chi connectivity index (χ2v) is 2.89. The van der Waals surface area contributed by atoms with Crippen molar-refractivity contribution in [3.63, 3.8) is 0 Å². The van der Waals surface area contributed by atoms with Gasteiger partial charge in [-0.25, -0.2) is 4.31 Å². The molecule has 0 unspecified atom stereocenters. The van der Waals surface area contributed by atoms with Gasteiger partial charge < -0.3 is 0 Å². The van der Waals surface area contributed by atoms with Crippen LogP contribution in [0.25, 0.3) is 0 Å². The third-order valence-electron chi connectivity index (χ3n) is 1.18. The molecule has 1 aliphatic rings. The zero-order chi connectivity index (χ0) is 5.11. The average molecular weight is 135 g/mol. The molecule has 42 valence electrons. The van der Waals surface area contributed by atoms with Gasteiger partial charge in [-0.2, -0.15) is 0 Å². The molecule has 0 aromatic carbocycles. The highest BCUT2D eigenvalue weighted by Crippen LogP contribution is 2.19. The summed E-state index contributed by atoms with van der Waals surface area (Å²) < 4.78 is 2.27. The van der Waals surface area contributed by atoms with Crippen LogP contribution in [-0.2, 0) is 0 Å². The lowest BCUT2D eigenvalue weighted by atomic mass is 10.4. The smallest absolute Gasteiger partial charge is 0.00976 e. The molecule has 0 aromatic heterocycles. The molecule has 1 nitrogen and oxygen atoms in total. The zero-order valence-electron chi connectivity index (χ0n) is 4.13. The van der Waals surface area contributed by atoms with Crippen LogP contribution in [0.1, 0.15) is 12.8 Å². The fraction of sp³-hybridized carbons (Fsp3) is 1.00. The van der Waals surface area contributed by atoms with Gasteiger partial charge in [0.1, 0.15) is 0 Å². The summed E-state index contributed by atoms with van der Waals surface area (Å²) in [6, 6.07) is 0. The van der Waals surface area contributed by atoms with Crippen LogP contribution < -0.4 is 0 Å². The molecule has 1 fully saturated rings. The summed E-state index contributed by atoms with van der Waals surface area (Å²) in [5, 5.41) is 0. The van der Waals surface area contributed by atoms with Crippen molar-refractivity contribution in [1.29, 1.82) is 0 Å². The molecule has 0 bridgehead atoms. The summed E-state index contributed by atoms with van der Waals surface area (Å²) in [6.07, 6.45) is 2.71. The fourth-order valence-corrected chi connectivity index (χ4v) is 1.68. The monoisotopic (exact) mass is 135 g/mol. The highest BCUT2D eigenvalue weighted by Gasteiger charge is 2.08. The SMILES string of the molecule is SSN1CCCC1. The van der Waals surface area contributed by atoms with Crippen molar-refractivity contribution in [2.45, 2.75) is 12.8 Å². The van der Waals surface area contributed by atoms with Gasteiger partial charge in [0.25, 0.3) is 0 Å². The van der Waals surface area contributed by atoms with Crippen LogP contribution in [0.15, 0.2) is 0 Å². The van der Waals surface area contributed by atoms with Gasteiger partial charge in [0.15, 0.2) is 0 Å². The van der Waals surface area contributed by atoms with E-state index in [0.29, 0.717) is 0 Å². The molecule has 1 heterocycles. The molecule has 0 aromatic rings. The Morgan fingerprint density at radius 2 is 1.86 bits per heavy atom. The van der Waals surface area contributed by atoms with E-state index in [1.807, 2.05) is 0 Å². The Labute approximate surface area is 53.4 Å². The van der Waals surface area contributed by atoms with Crippen LogP contribution in [0.4, 0.5) is 0 Å². The summed E-state index contributed by atoms with van der Waals surface area (Å²) >= 11 is 4.06. The van der Waals surface area contributed by atoms with E-state index >= 15 is 0 Å². The Balaban J connectivity index is 2.14. The Kier molecular flexibility index (Phi) is 2.35. The molecule has 1 rings (SSSR count). The quantitative estimate of drug-likeness (QED) is 0.330. The molecular weight excluding hydrogens is 126 g/mol. The van der Waals surface area contributed by atoms with Crippen molar-refractivity contribution in [3.05, 3.63) is 0 Å². The van der Waals surface area contributed by atoms with Gasteiger partial charge in [-0.1, -0.05) is 11.7 Å². The van der Waals surface area contributed by atoms with Gasteiger partial charge in [0, 0.05) is 13.1 Å². The lowest BCUT2D eigenvalue weighted by molar-refractivity contribution is 0.593. The molecule has 3 heteroatoms. The highest BCUT2D eigenvalue weighted by atomic mass is 33.1. The maximum absolute atomic E-state index is 4.06. The van der Waals surface area contributed by atoms with Crippen molar-refractivity contribution in [1.82, 2.24) is 4.31 Å². The summed E-state index contributed by atoms with van der Waals surface area (Å²) in [4.78, 5) is 0. The molecule has 7 heavy (non-hydrogen) atoms. The minimum Gasteiger partial charge on any atom is -0.241 e. The minimum atomic E-state index is 1.23. The van der Waals surface area contributed by atoms with E-state index < -0.39 is 0 Å². The Hall–Kier alpha value is 0.660. The molecule has 0 spiro atoms. The number of rotatable bonds is 1. The predicted octanol–water partition coefficient (Wildman–Crippen LogP) is 1.58. The average Bonchev–Trinajstić information content (AvgIpc) is 2.14. The third-order valence-corrected chi connectivity index (χ3v) is 2.47. The first-order valence-corrected chi connectivity index (χ1v) is 4.32. The first-order valence-electron chi connectivity index (χ1n) is 2.50. The van der Waals surface area contributed by atoms with Crippen molar-refractivity contribution >= 4 is 22.6 Å². The second kappa shape index (κ2) is 2.84. The predicted molar refractivity (Wildman–Crippen MR) is 37.4 cm³/mol. The topological polar surface area (TPSA) is 3.24 Å². The van der Waals surface area contributed by atoms with Crippen LogP contribution >= 0.6 is 22.6 Å². The largest absolute Gasteiger partial charge is 0.241 e. The van der Waals surface area contributed by atoms with Crippen LogP contribution in [0.5, 0.6) is 0 Å². The molecule has 1 saturated heterocycles. The van der Waals surface area contributed by atoms with Crippen LogP contribution in [-0.4, -0.2) is 17.4 Å². The van der Waals surface area contributed by atoms with Gasteiger partial charge in [-0.3, -0.25) is 0 Å². The number of hydrogen-bond acceptors (Lipinski definition) is 3. The number of nitrogens with zero attached hydrogens (tertiary/aromatic N) is 1. The third kappa shape index (κ3) is 1.55. The van der Waals surface area contributed by atoms with Gasteiger partial charge in [-0.15, -0.1) is 0 Å². The fourth-order valence-electron chi connectivity index (χ4n) is 0.770. The van der Waals surface area contributed by atoms with E-state index in [9.17, 15) is 0 Å². The first-order chi connectivity index (χ1) is 3.43.